The summed E-state index contributed by atoms with van der Waals surface area (Å²) in [5.74, 6) is 2.80. The van der Waals surface area contributed by atoms with Gasteiger partial charge in [0.05, 0.1) is 13.2 Å². The molecule has 0 radical (unpaired) electrons. The van der Waals surface area contributed by atoms with Crippen LogP contribution in [0.4, 0.5) is 11.6 Å². The highest BCUT2D eigenvalue weighted by molar-refractivity contribution is 5.58. The molecule has 0 fully saturated rings. The van der Waals surface area contributed by atoms with Gasteiger partial charge in [0.1, 0.15) is 17.5 Å². The van der Waals surface area contributed by atoms with Gasteiger partial charge in [-0.3, -0.25) is 0 Å². The Morgan fingerprint density at radius 2 is 2.00 bits per heavy atom. The molecule has 2 N–H and O–H groups in total. The molecule has 120 valence electrons. The Bertz CT molecular complexity index is 438. The third-order valence-electron chi connectivity index (χ3n) is 3.23. The number of hydrogen-bond acceptors (Lipinski definition) is 6. The summed E-state index contributed by atoms with van der Waals surface area (Å²) in [7, 11) is 1.67. The topological polar surface area (TPSA) is 70.5 Å². The van der Waals surface area contributed by atoms with Crippen molar-refractivity contribution >= 4 is 11.6 Å². The molecule has 21 heavy (non-hydrogen) atoms. The van der Waals surface area contributed by atoms with E-state index >= 15 is 0 Å². The van der Waals surface area contributed by atoms with E-state index in [1.54, 1.807) is 7.11 Å². The number of nitrogens with one attached hydrogen (secondary N) is 1. The maximum Gasteiger partial charge on any atom is 0.137 e. The fourth-order valence-electron chi connectivity index (χ4n) is 2.07. The molecular formula is C15H28N4O2. The second kappa shape index (κ2) is 8.79. The average Bonchev–Trinajstić information content (AvgIpc) is 2.46. The molecule has 0 atom stereocenters. The Balaban J connectivity index is 3.21. The number of rotatable bonds is 9. The highest BCUT2D eigenvalue weighted by Crippen LogP contribution is 2.25. The predicted molar refractivity (Wildman–Crippen MR) is 86.2 cm³/mol. The molecule has 0 saturated carbocycles. The van der Waals surface area contributed by atoms with Gasteiger partial charge in [0.15, 0.2) is 0 Å². The molecule has 6 nitrogen and oxygen atoms in total. The molecule has 0 saturated heterocycles. The molecule has 0 aliphatic heterocycles. The molecule has 1 aromatic rings. The van der Waals surface area contributed by atoms with Gasteiger partial charge < -0.3 is 20.1 Å². The van der Waals surface area contributed by atoms with Gasteiger partial charge in [0.2, 0.25) is 0 Å². The van der Waals surface area contributed by atoms with Crippen LogP contribution in [0.3, 0.4) is 0 Å². The number of aromatic nitrogens is 2. The Hall–Kier alpha value is -1.40. The summed E-state index contributed by atoms with van der Waals surface area (Å²) < 4.78 is 5.15. The Kier molecular flexibility index (Phi) is 7.39. The summed E-state index contributed by atoms with van der Waals surface area (Å²) in [6.07, 6.45) is 0. The summed E-state index contributed by atoms with van der Waals surface area (Å²) in [6, 6.07) is 0. The number of methoxy groups -OCH3 is 1. The molecule has 0 unspecified atom stereocenters. The lowest BCUT2D eigenvalue weighted by molar-refractivity contribution is 0.202. The van der Waals surface area contributed by atoms with Crippen molar-refractivity contribution in [2.75, 3.05) is 50.2 Å². The van der Waals surface area contributed by atoms with Crippen LogP contribution < -0.4 is 10.2 Å². The summed E-state index contributed by atoms with van der Waals surface area (Å²) >= 11 is 0. The van der Waals surface area contributed by atoms with Crippen LogP contribution in [0.1, 0.15) is 38.1 Å². The average molecular weight is 296 g/mol. The van der Waals surface area contributed by atoms with Crippen LogP contribution in [-0.4, -0.2) is 55.0 Å². The van der Waals surface area contributed by atoms with E-state index < -0.39 is 0 Å². The molecule has 0 amide bonds. The Labute approximate surface area is 127 Å². The van der Waals surface area contributed by atoms with Gasteiger partial charge in [-0.1, -0.05) is 13.8 Å². The van der Waals surface area contributed by atoms with Gasteiger partial charge in [-0.15, -0.1) is 0 Å². The van der Waals surface area contributed by atoms with Crippen LogP contribution in [0, 0.1) is 6.92 Å². The van der Waals surface area contributed by atoms with Gasteiger partial charge >= 0.3 is 0 Å². The fraction of sp³-hybridized carbons (Fsp3) is 0.733. The largest absolute Gasteiger partial charge is 0.395 e. The number of aliphatic hydroxyl groups is 1. The molecule has 0 bridgehead atoms. The SMILES string of the molecule is CCNc1nc(C(C)C)nc(N(CCO)CCOC)c1C. The molecule has 1 heterocycles. The van der Waals surface area contributed by atoms with Gasteiger partial charge in [-0.2, -0.15) is 0 Å². The minimum atomic E-state index is 0.0840. The van der Waals surface area contributed by atoms with E-state index in [-0.39, 0.29) is 12.5 Å². The number of nitrogens with zero attached hydrogens (tertiary/aromatic N) is 3. The van der Waals surface area contributed by atoms with Crippen molar-refractivity contribution in [3.8, 4) is 0 Å². The third kappa shape index (κ3) is 4.82. The summed E-state index contributed by atoms with van der Waals surface area (Å²) in [5, 5.41) is 12.6. The number of ether oxygens (including phenoxy) is 1. The van der Waals surface area contributed by atoms with Crippen molar-refractivity contribution in [1.82, 2.24) is 9.97 Å². The van der Waals surface area contributed by atoms with Crippen LogP contribution in [0.5, 0.6) is 0 Å². The van der Waals surface area contributed by atoms with Gasteiger partial charge in [0.25, 0.3) is 0 Å². The lowest BCUT2D eigenvalue weighted by Crippen LogP contribution is -2.32. The van der Waals surface area contributed by atoms with E-state index in [4.69, 9.17) is 9.72 Å². The van der Waals surface area contributed by atoms with Crippen molar-refractivity contribution in [2.24, 2.45) is 0 Å². The van der Waals surface area contributed by atoms with Crippen LogP contribution in [0.25, 0.3) is 0 Å². The van der Waals surface area contributed by atoms with Gasteiger partial charge in [-0.05, 0) is 13.8 Å². The molecule has 1 rings (SSSR count). The van der Waals surface area contributed by atoms with E-state index in [1.165, 1.54) is 0 Å². The zero-order chi connectivity index (χ0) is 15.8. The molecule has 1 aromatic heterocycles. The quantitative estimate of drug-likeness (QED) is 0.724. The molecule has 0 aliphatic carbocycles. The first-order valence-electron chi connectivity index (χ1n) is 7.52. The highest BCUT2D eigenvalue weighted by atomic mass is 16.5. The molecule has 6 heteroatoms. The molecule has 0 aromatic carbocycles. The van der Waals surface area contributed by atoms with E-state index in [0.29, 0.717) is 19.7 Å². The first-order valence-corrected chi connectivity index (χ1v) is 7.52. The Morgan fingerprint density at radius 3 is 2.52 bits per heavy atom. The summed E-state index contributed by atoms with van der Waals surface area (Å²) in [5.41, 5.74) is 1.01. The second-order valence-corrected chi connectivity index (χ2v) is 5.27. The highest BCUT2D eigenvalue weighted by Gasteiger charge is 2.17. The predicted octanol–water partition coefficient (Wildman–Crippen LogP) is 1.79. The first-order chi connectivity index (χ1) is 10.0. The van der Waals surface area contributed by atoms with Crippen LogP contribution in [0.15, 0.2) is 0 Å². The van der Waals surface area contributed by atoms with Crippen molar-refractivity contribution in [1.29, 1.82) is 0 Å². The number of aliphatic hydroxyl groups excluding tert-OH is 1. The van der Waals surface area contributed by atoms with Crippen molar-refractivity contribution in [3.63, 3.8) is 0 Å². The maximum atomic E-state index is 9.30. The smallest absolute Gasteiger partial charge is 0.137 e. The molecular weight excluding hydrogens is 268 g/mol. The van der Waals surface area contributed by atoms with Gasteiger partial charge in [-0.25, -0.2) is 9.97 Å². The lowest BCUT2D eigenvalue weighted by Gasteiger charge is -2.26. The third-order valence-corrected chi connectivity index (χ3v) is 3.23. The minimum Gasteiger partial charge on any atom is -0.395 e. The normalized spacial score (nSPS) is 11.0. The van der Waals surface area contributed by atoms with Crippen molar-refractivity contribution in [3.05, 3.63) is 11.4 Å². The van der Waals surface area contributed by atoms with Gasteiger partial charge in [0, 0.05) is 38.2 Å². The zero-order valence-corrected chi connectivity index (χ0v) is 13.8. The number of anilines is 2. The van der Waals surface area contributed by atoms with Crippen LogP contribution in [0.2, 0.25) is 0 Å². The monoisotopic (exact) mass is 296 g/mol. The van der Waals surface area contributed by atoms with E-state index in [2.05, 4.69) is 24.1 Å². The first kappa shape index (κ1) is 17.7. The minimum absolute atomic E-state index is 0.0840. The van der Waals surface area contributed by atoms with E-state index in [1.807, 2.05) is 18.7 Å². The Morgan fingerprint density at radius 1 is 1.29 bits per heavy atom. The molecule has 0 aliphatic rings. The second-order valence-electron chi connectivity index (χ2n) is 5.27. The zero-order valence-electron chi connectivity index (χ0n) is 13.8. The van der Waals surface area contributed by atoms with Crippen LogP contribution in [-0.2, 0) is 4.74 Å². The van der Waals surface area contributed by atoms with E-state index in [0.717, 1.165) is 29.6 Å². The summed E-state index contributed by atoms with van der Waals surface area (Å²) in [6.45, 7) is 10.9. The van der Waals surface area contributed by atoms with Crippen molar-refractivity contribution < 1.29 is 9.84 Å². The molecule has 0 spiro atoms. The van der Waals surface area contributed by atoms with E-state index in [9.17, 15) is 5.11 Å². The van der Waals surface area contributed by atoms with Crippen molar-refractivity contribution in [2.45, 2.75) is 33.6 Å². The summed E-state index contributed by atoms with van der Waals surface area (Å²) in [4.78, 5) is 11.3. The van der Waals surface area contributed by atoms with Crippen LogP contribution >= 0.6 is 0 Å². The number of hydrogen-bond donors (Lipinski definition) is 2. The lowest BCUT2D eigenvalue weighted by atomic mass is 10.2. The standard InChI is InChI=1S/C15H28N4O2/c1-6-16-14-12(4)15(18-13(17-14)11(2)3)19(7-9-20)8-10-21-5/h11,20H,6-10H2,1-5H3,(H,16,17,18). The maximum absolute atomic E-state index is 9.30. The fourth-order valence-corrected chi connectivity index (χ4v) is 2.07.